The Morgan fingerprint density at radius 2 is 1.61 bits per heavy atom. The van der Waals surface area contributed by atoms with E-state index in [0.29, 0.717) is 32.6 Å². The Morgan fingerprint density at radius 3 is 2.00 bits per heavy atom. The molecule has 0 amide bonds. The molecular formula is C12H21NO5. The SMILES string of the molecule is CCOCCN1C(C(=O)OC)CCC1C(=O)OC. The summed E-state index contributed by atoms with van der Waals surface area (Å²) < 4.78 is 14.8. The average molecular weight is 259 g/mol. The second kappa shape index (κ2) is 7.33. The Morgan fingerprint density at radius 1 is 1.11 bits per heavy atom. The van der Waals surface area contributed by atoms with Gasteiger partial charge in [0.25, 0.3) is 0 Å². The van der Waals surface area contributed by atoms with Gasteiger partial charge in [-0.05, 0) is 19.8 Å². The Kier molecular flexibility index (Phi) is 6.07. The van der Waals surface area contributed by atoms with E-state index in [-0.39, 0.29) is 24.0 Å². The van der Waals surface area contributed by atoms with Crippen LogP contribution in [0.3, 0.4) is 0 Å². The Labute approximate surface area is 107 Å². The fraction of sp³-hybridized carbons (Fsp3) is 0.833. The molecule has 1 fully saturated rings. The molecule has 0 bridgehead atoms. The molecule has 6 nitrogen and oxygen atoms in total. The lowest BCUT2D eigenvalue weighted by molar-refractivity contribution is -0.151. The molecule has 1 aliphatic rings. The van der Waals surface area contributed by atoms with Gasteiger partial charge in [0.15, 0.2) is 0 Å². The number of esters is 2. The van der Waals surface area contributed by atoms with E-state index >= 15 is 0 Å². The molecule has 104 valence electrons. The van der Waals surface area contributed by atoms with E-state index in [4.69, 9.17) is 14.2 Å². The first-order chi connectivity index (χ1) is 8.65. The quantitative estimate of drug-likeness (QED) is 0.501. The van der Waals surface area contributed by atoms with Crippen molar-refractivity contribution in [3.8, 4) is 0 Å². The van der Waals surface area contributed by atoms with Crippen LogP contribution in [0.25, 0.3) is 0 Å². The number of ether oxygens (including phenoxy) is 3. The normalized spacial score (nSPS) is 23.9. The number of carbonyl (C=O) groups excluding carboxylic acids is 2. The summed E-state index contributed by atoms with van der Waals surface area (Å²) in [7, 11) is 2.71. The molecule has 2 atom stereocenters. The van der Waals surface area contributed by atoms with E-state index in [1.54, 1.807) is 0 Å². The molecule has 1 aliphatic heterocycles. The number of rotatable bonds is 6. The lowest BCUT2D eigenvalue weighted by Crippen LogP contribution is -2.46. The topological polar surface area (TPSA) is 65.1 Å². The van der Waals surface area contributed by atoms with Gasteiger partial charge in [-0.3, -0.25) is 14.5 Å². The van der Waals surface area contributed by atoms with Crippen molar-refractivity contribution in [3.63, 3.8) is 0 Å². The molecular weight excluding hydrogens is 238 g/mol. The number of carbonyl (C=O) groups is 2. The van der Waals surface area contributed by atoms with Crippen LogP contribution in [0.1, 0.15) is 19.8 Å². The summed E-state index contributed by atoms with van der Waals surface area (Å²) >= 11 is 0. The van der Waals surface area contributed by atoms with Crippen LogP contribution in [0.2, 0.25) is 0 Å². The van der Waals surface area contributed by atoms with Gasteiger partial charge in [0, 0.05) is 13.2 Å². The van der Waals surface area contributed by atoms with Gasteiger partial charge < -0.3 is 14.2 Å². The minimum absolute atomic E-state index is 0.307. The summed E-state index contributed by atoms with van der Waals surface area (Å²) in [5.41, 5.74) is 0. The third-order valence-electron chi connectivity index (χ3n) is 3.16. The highest BCUT2D eigenvalue weighted by atomic mass is 16.5. The summed E-state index contributed by atoms with van der Waals surface area (Å²) in [4.78, 5) is 25.1. The highest BCUT2D eigenvalue weighted by Crippen LogP contribution is 2.25. The molecule has 0 saturated carbocycles. The van der Waals surface area contributed by atoms with Crippen molar-refractivity contribution < 1.29 is 23.8 Å². The van der Waals surface area contributed by atoms with Crippen molar-refractivity contribution in [1.82, 2.24) is 4.90 Å². The second-order valence-electron chi connectivity index (χ2n) is 4.09. The van der Waals surface area contributed by atoms with Crippen molar-refractivity contribution in [2.24, 2.45) is 0 Å². The molecule has 1 saturated heterocycles. The maximum Gasteiger partial charge on any atom is 0.323 e. The first-order valence-corrected chi connectivity index (χ1v) is 6.14. The van der Waals surface area contributed by atoms with Gasteiger partial charge in [0.2, 0.25) is 0 Å². The Hall–Kier alpha value is -1.14. The number of methoxy groups -OCH3 is 2. The maximum absolute atomic E-state index is 11.7. The van der Waals surface area contributed by atoms with Crippen LogP contribution >= 0.6 is 0 Å². The monoisotopic (exact) mass is 259 g/mol. The molecule has 2 unspecified atom stereocenters. The minimum atomic E-state index is -0.375. The van der Waals surface area contributed by atoms with Crippen LogP contribution in [-0.4, -0.2) is 62.9 Å². The first-order valence-electron chi connectivity index (χ1n) is 6.14. The van der Waals surface area contributed by atoms with Crippen LogP contribution in [0.5, 0.6) is 0 Å². The molecule has 0 spiro atoms. The zero-order valence-corrected chi connectivity index (χ0v) is 11.2. The van der Waals surface area contributed by atoms with Gasteiger partial charge in [-0.25, -0.2) is 0 Å². The molecule has 0 radical (unpaired) electrons. The highest BCUT2D eigenvalue weighted by molar-refractivity contribution is 5.81. The summed E-state index contributed by atoms with van der Waals surface area (Å²) in [5, 5.41) is 0. The van der Waals surface area contributed by atoms with E-state index in [1.165, 1.54) is 14.2 Å². The van der Waals surface area contributed by atoms with Gasteiger partial charge in [-0.15, -0.1) is 0 Å². The molecule has 6 heteroatoms. The summed E-state index contributed by atoms with van der Waals surface area (Å²) in [6, 6.07) is -0.751. The van der Waals surface area contributed by atoms with Crippen molar-refractivity contribution in [3.05, 3.63) is 0 Å². The van der Waals surface area contributed by atoms with Crippen LogP contribution in [0.15, 0.2) is 0 Å². The largest absolute Gasteiger partial charge is 0.468 e. The van der Waals surface area contributed by atoms with Crippen molar-refractivity contribution >= 4 is 11.9 Å². The fourth-order valence-corrected chi connectivity index (χ4v) is 2.27. The minimum Gasteiger partial charge on any atom is -0.468 e. The number of nitrogens with zero attached hydrogens (tertiary/aromatic N) is 1. The molecule has 0 aromatic rings. The summed E-state index contributed by atoms with van der Waals surface area (Å²) in [6.45, 7) is 3.52. The lowest BCUT2D eigenvalue weighted by Gasteiger charge is -2.26. The number of hydrogen-bond donors (Lipinski definition) is 0. The fourth-order valence-electron chi connectivity index (χ4n) is 2.27. The molecule has 0 aliphatic carbocycles. The van der Waals surface area contributed by atoms with Gasteiger partial charge in [0.1, 0.15) is 12.1 Å². The molecule has 1 heterocycles. The Bertz CT molecular complexity index is 270. The zero-order valence-electron chi connectivity index (χ0n) is 11.2. The van der Waals surface area contributed by atoms with Crippen molar-refractivity contribution in [2.45, 2.75) is 31.8 Å². The van der Waals surface area contributed by atoms with Crippen LogP contribution in [0.4, 0.5) is 0 Å². The lowest BCUT2D eigenvalue weighted by atomic mass is 10.2. The summed E-state index contributed by atoms with van der Waals surface area (Å²) in [5.74, 6) is -0.615. The van der Waals surface area contributed by atoms with Crippen molar-refractivity contribution in [1.29, 1.82) is 0 Å². The second-order valence-corrected chi connectivity index (χ2v) is 4.09. The smallest absolute Gasteiger partial charge is 0.323 e. The van der Waals surface area contributed by atoms with Crippen LogP contribution in [0, 0.1) is 0 Å². The third-order valence-corrected chi connectivity index (χ3v) is 3.16. The average Bonchev–Trinajstić information content (AvgIpc) is 2.81. The predicted molar refractivity (Wildman–Crippen MR) is 64.0 cm³/mol. The van der Waals surface area contributed by atoms with Crippen molar-refractivity contribution in [2.75, 3.05) is 34.0 Å². The number of hydrogen-bond acceptors (Lipinski definition) is 6. The van der Waals surface area contributed by atoms with Crippen LogP contribution in [-0.2, 0) is 23.8 Å². The maximum atomic E-state index is 11.7. The van der Waals surface area contributed by atoms with Gasteiger partial charge in [-0.2, -0.15) is 0 Å². The zero-order chi connectivity index (χ0) is 13.5. The van der Waals surface area contributed by atoms with E-state index in [1.807, 2.05) is 11.8 Å². The van der Waals surface area contributed by atoms with E-state index in [2.05, 4.69) is 0 Å². The third kappa shape index (κ3) is 3.43. The van der Waals surface area contributed by atoms with E-state index in [9.17, 15) is 9.59 Å². The van der Waals surface area contributed by atoms with Gasteiger partial charge in [-0.1, -0.05) is 0 Å². The summed E-state index contributed by atoms with van der Waals surface area (Å²) in [6.07, 6.45) is 1.22. The molecule has 1 rings (SSSR count). The predicted octanol–water partition coefficient (Wildman–Crippen LogP) is 0.202. The molecule has 0 aromatic heterocycles. The standard InChI is InChI=1S/C12H21NO5/c1-4-18-8-7-13-9(11(14)16-2)5-6-10(13)12(15)17-3/h9-10H,4-8H2,1-3H3. The first kappa shape index (κ1) is 14.9. The van der Waals surface area contributed by atoms with E-state index < -0.39 is 0 Å². The molecule has 18 heavy (non-hydrogen) atoms. The Balaban J connectivity index is 2.68. The van der Waals surface area contributed by atoms with Gasteiger partial charge in [0.05, 0.1) is 20.8 Å². The molecule has 0 aromatic carbocycles. The van der Waals surface area contributed by atoms with Gasteiger partial charge >= 0.3 is 11.9 Å². The van der Waals surface area contributed by atoms with E-state index in [0.717, 1.165) is 0 Å². The number of likely N-dealkylation sites (tertiary alicyclic amines) is 1. The van der Waals surface area contributed by atoms with Crippen LogP contribution < -0.4 is 0 Å². The molecule has 0 N–H and O–H groups in total. The highest BCUT2D eigenvalue weighted by Gasteiger charge is 2.42.